The third kappa shape index (κ3) is 4.94. The van der Waals surface area contributed by atoms with Crippen LogP contribution < -0.4 is 5.32 Å². The number of hydrogen-bond acceptors (Lipinski definition) is 3. The number of hydrogen-bond donors (Lipinski definition) is 1. The van der Waals surface area contributed by atoms with E-state index in [0.717, 1.165) is 32.2 Å². The Morgan fingerprint density at radius 2 is 2.18 bits per heavy atom. The van der Waals surface area contributed by atoms with Gasteiger partial charge in [-0.3, -0.25) is 4.90 Å². The van der Waals surface area contributed by atoms with Gasteiger partial charge in [0.1, 0.15) is 0 Å². The molecule has 0 aromatic heterocycles. The second-order valence-electron chi connectivity index (χ2n) is 5.28. The molecule has 3 nitrogen and oxygen atoms in total. The number of ether oxygens (including phenoxy) is 1. The molecule has 17 heavy (non-hydrogen) atoms. The predicted octanol–water partition coefficient (Wildman–Crippen LogP) is 2.12. The molecule has 1 N–H and O–H groups in total. The number of rotatable bonds is 6. The van der Waals surface area contributed by atoms with E-state index in [9.17, 15) is 0 Å². The highest BCUT2D eigenvalue weighted by atomic mass is 16.5. The van der Waals surface area contributed by atoms with Gasteiger partial charge < -0.3 is 10.1 Å². The lowest BCUT2D eigenvalue weighted by Gasteiger charge is -2.31. The first-order chi connectivity index (χ1) is 8.19. The molecule has 0 aromatic rings. The Morgan fingerprint density at radius 1 is 1.41 bits per heavy atom. The average molecular weight is 242 g/mol. The molecule has 0 aliphatic carbocycles. The first-order valence-corrected chi connectivity index (χ1v) is 7.24. The Kier molecular flexibility index (Phi) is 7.09. The fourth-order valence-corrected chi connectivity index (χ4v) is 2.46. The summed E-state index contributed by atoms with van der Waals surface area (Å²) >= 11 is 0. The van der Waals surface area contributed by atoms with Gasteiger partial charge in [-0.2, -0.15) is 0 Å². The van der Waals surface area contributed by atoms with Gasteiger partial charge in [0.05, 0.1) is 6.61 Å². The zero-order chi connectivity index (χ0) is 12.7. The first-order valence-electron chi connectivity index (χ1n) is 7.24. The van der Waals surface area contributed by atoms with Crippen LogP contribution in [-0.4, -0.2) is 49.8 Å². The summed E-state index contributed by atoms with van der Waals surface area (Å²) in [6, 6.07) is 1.32. The summed E-state index contributed by atoms with van der Waals surface area (Å²) < 4.78 is 5.49. The third-order valence-corrected chi connectivity index (χ3v) is 4.08. The molecular formula is C14H30N2O. The molecule has 1 fully saturated rings. The summed E-state index contributed by atoms with van der Waals surface area (Å²) in [5, 5.41) is 3.70. The lowest BCUT2D eigenvalue weighted by molar-refractivity contribution is 0.0933. The summed E-state index contributed by atoms with van der Waals surface area (Å²) in [5.74, 6) is 0.759. The van der Waals surface area contributed by atoms with Gasteiger partial charge in [-0.25, -0.2) is 0 Å². The summed E-state index contributed by atoms with van der Waals surface area (Å²) in [4.78, 5) is 2.59. The normalized spacial score (nSPS) is 28.9. The largest absolute Gasteiger partial charge is 0.380 e. The summed E-state index contributed by atoms with van der Waals surface area (Å²) in [7, 11) is 0. The first kappa shape index (κ1) is 14.9. The van der Waals surface area contributed by atoms with Gasteiger partial charge in [0, 0.05) is 31.8 Å². The quantitative estimate of drug-likeness (QED) is 0.722. The standard InChI is InChI=1S/C14H30N2O/c1-5-12(3)14-11-16(9-10-17-6-2)13(4)7-8-15-14/h12-15H,5-11H2,1-4H3. The van der Waals surface area contributed by atoms with E-state index in [2.05, 4.69) is 37.9 Å². The second kappa shape index (κ2) is 8.06. The van der Waals surface area contributed by atoms with E-state index in [1.807, 2.05) is 0 Å². The maximum absolute atomic E-state index is 5.49. The van der Waals surface area contributed by atoms with Gasteiger partial charge in [0.25, 0.3) is 0 Å². The van der Waals surface area contributed by atoms with Gasteiger partial charge >= 0.3 is 0 Å². The highest BCUT2D eigenvalue weighted by Crippen LogP contribution is 2.15. The van der Waals surface area contributed by atoms with Crippen LogP contribution >= 0.6 is 0 Å². The molecule has 3 heteroatoms. The summed E-state index contributed by atoms with van der Waals surface area (Å²) in [6.07, 6.45) is 2.50. The van der Waals surface area contributed by atoms with Gasteiger partial charge in [-0.15, -0.1) is 0 Å². The van der Waals surface area contributed by atoms with Crippen LogP contribution in [0.1, 0.15) is 40.5 Å². The molecule has 1 saturated heterocycles. The minimum absolute atomic E-state index is 0.645. The van der Waals surface area contributed by atoms with E-state index in [1.54, 1.807) is 0 Å². The molecule has 0 radical (unpaired) electrons. The van der Waals surface area contributed by atoms with Crippen LogP contribution in [0, 0.1) is 5.92 Å². The monoisotopic (exact) mass is 242 g/mol. The molecule has 0 bridgehead atoms. The predicted molar refractivity (Wildman–Crippen MR) is 73.4 cm³/mol. The van der Waals surface area contributed by atoms with Gasteiger partial charge in [0.2, 0.25) is 0 Å². The maximum atomic E-state index is 5.49. The van der Waals surface area contributed by atoms with Gasteiger partial charge in [-0.05, 0) is 32.7 Å². The molecular weight excluding hydrogens is 212 g/mol. The topological polar surface area (TPSA) is 24.5 Å². The molecule has 0 aromatic carbocycles. The van der Waals surface area contributed by atoms with E-state index < -0.39 is 0 Å². The molecule has 0 saturated carbocycles. The molecule has 0 amide bonds. The van der Waals surface area contributed by atoms with Crippen molar-refractivity contribution in [2.75, 3.05) is 32.8 Å². The smallest absolute Gasteiger partial charge is 0.0593 e. The van der Waals surface area contributed by atoms with Crippen molar-refractivity contribution in [1.82, 2.24) is 10.2 Å². The highest BCUT2D eigenvalue weighted by molar-refractivity contribution is 4.83. The number of nitrogens with zero attached hydrogens (tertiary/aromatic N) is 1. The van der Waals surface area contributed by atoms with Crippen molar-refractivity contribution >= 4 is 0 Å². The van der Waals surface area contributed by atoms with E-state index in [-0.39, 0.29) is 0 Å². The Labute approximate surface area is 107 Å². The van der Waals surface area contributed by atoms with E-state index in [1.165, 1.54) is 19.4 Å². The minimum Gasteiger partial charge on any atom is -0.380 e. The lowest BCUT2D eigenvalue weighted by Crippen LogP contribution is -2.44. The molecule has 3 atom stereocenters. The van der Waals surface area contributed by atoms with Crippen LogP contribution in [0.3, 0.4) is 0 Å². The zero-order valence-corrected chi connectivity index (χ0v) is 12.0. The summed E-state index contributed by atoms with van der Waals surface area (Å²) in [6.45, 7) is 14.1. The van der Waals surface area contributed by atoms with Crippen LogP contribution in [0.15, 0.2) is 0 Å². The minimum atomic E-state index is 0.645. The Balaban J connectivity index is 2.46. The van der Waals surface area contributed by atoms with E-state index in [0.29, 0.717) is 12.1 Å². The van der Waals surface area contributed by atoms with Crippen LogP contribution in [0.2, 0.25) is 0 Å². The Morgan fingerprint density at radius 3 is 2.82 bits per heavy atom. The van der Waals surface area contributed by atoms with E-state index in [4.69, 9.17) is 4.74 Å². The second-order valence-corrected chi connectivity index (χ2v) is 5.28. The number of nitrogens with one attached hydrogen (secondary N) is 1. The van der Waals surface area contributed by atoms with Crippen LogP contribution in [0.5, 0.6) is 0 Å². The van der Waals surface area contributed by atoms with Crippen LogP contribution in [-0.2, 0) is 4.74 Å². The van der Waals surface area contributed by atoms with Crippen LogP contribution in [0.4, 0.5) is 0 Å². The average Bonchev–Trinajstić information content (AvgIpc) is 2.51. The maximum Gasteiger partial charge on any atom is 0.0593 e. The summed E-state index contributed by atoms with van der Waals surface area (Å²) in [5.41, 5.74) is 0. The fraction of sp³-hybridized carbons (Fsp3) is 1.00. The molecule has 3 unspecified atom stereocenters. The lowest BCUT2D eigenvalue weighted by atomic mass is 9.99. The van der Waals surface area contributed by atoms with Crippen molar-refractivity contribution in [3.05, 3.63) is 0 Å². The molecule has 1 aliphatic rings. The zero-order valence-electron chi connectivity index (χ0n) is 12.0. The third-order valence-electron chi connectivity index (χ3n) is 4.08. The van der Waals surface area contributed by atoms with Crippen molar-refractivity contribution in [2.24, 2.45) is 5.92 Å². The molecule has 1 aliphatic heterocycles. The van der Waals surface area contributed by atoms with Crippen molar-refractivity contribution < 1.29 is 4.74 Å². The van der Waals surface area contributed by atoms with Gasteiger partial charge in [-0.1, -0.05) is 20.3 Å². The van der Waals surface area contributed by atoms with E-state index >= 15 is 0 Å². The molecule has 102 valence electrons. The fourth-order valence-electron chi connectivity index (χ4n) is 2.46. The Bertz CT molecular complexity index is 199. The SMILES string of the molecule is CCOCCN1CC(C(C)CC)NCCC1C. The Hall–Kier alpha value is -0.120. The van der Waals surface area contributed by atoms with Crippen molar-refractivity contribution in [3.8, 4) is 0 Å². The molecule has 1 rings (SSSR count). The van der Waals surface area contributed by atoms with Gasteiger partial charge in [0.15, 0.2) is 0 Å². The van der Waals surface area contributed by atoms with Crippen LogP contribution in [0.25, 0.3) is 0 Å². The van der Waals surface area contributed by atoms with Crippen molar-refractivity contribution in [2.45, 2.75) is 52.6 Å². The molecule has 0 spiro atoms. The van der Waals surface area contributed by atoms with Crippen molar-refractivity contribution in [1.29, 1.82) is 0 Å². The molecule has 1 heterocycles. The van der Waals surface area contributed by atoms with Crippen molar-refractivity contribution in [3.63, 3.8) is 0 Å². The highest BCUT2D eigenvalue weighted by Gasteiger charge is 2.25.